The Bertz CT molecular complexity index is 588. The lowest BCUT2D eigenvalue weighted by molar-refractivity contribution is -0.122. The maximum absolute atomic E-state index is 12.3. The van der Waals surface area contributed by atoms with Crippen molar-refractivity contribution >= 4 is 11.9 Å². The number of ether oxygens (including phenoxy) is 2. The first-order valence-corrected chi connectivity index (χ1v) is 8.29. The van der Waals surface area contributed by atoms with Gasteiger partial charge in [0, 0.05) is 12.8 Å². The van der Waals surface area contributed by atoms with Crippen molar-refractivity contribution in [1.82, 2.24) is 5.32 Å². The van der Waals surface area contributed by atoms with Gasteiger partial charge in [0.15, 0.2) is 5.78 Å². The van der Waals surface area contributed by atoms with Gasteiger partial charge < -0.3 is 19.6 Å². The number of carbonyl (C=O) groups excluding carboxylic acids is 2. The van der Waals surface area contributed by atoms with E-state index in [9.17, 15) is 9.59 Å². The molecule has 1 amide bonds. The fourth-order valence-corrected chi connectivity index (χ4v) is 2.04. The fourth-order valence-electron chi connectivity index (χ4n) is 2.04. The van der Waals surface area contributed by atoms with Crippen LogP contribution < -0.4 is 5.32 Å². The van der Waals surface area contributed by atoms with Crippen LogP contribution in [0.2, 0.25) is 0 Å². The first-order chi connectivity index (χ1) is 11.8. The smallest absolute Gasteiger partial charge is 0.408 e. The third-order valence-corrected chi connectivity index (χ3v) is 3.17. The van der Waals surface area contributed by atoms with Crippen LogP contribution >= 0.6 is 0 Å². The fraction of sp³-hybridized carbons (Fsp3) is 0.526. The van der Waals surface area contributed by atoms with E-state index in [1.165, 1.54) is 0 Å². The highest BCUT2D eigenvalue weighted by Crippen LogP contribution is 2.08. The number of benzene rings is 1. The number of carbonyl (C=O) groups is 2. The molecule has 1 atom stereocenters. The Balaban J connectivity index is 2.58. The van der Waals surface area contributed by atoms with Crippen molar-refractivity contribution in [2.75, 3.05) is 13.2 Å². The molecule has 136 valence electrons. The first-order valence-electron chi connectivity index (χ1n) is 8.29. The van der Waals surface area contributed by atoms with Gasteiger partial charge in [-0.3, -0.25) is 4.79 Å². The van der Waals surface area contributed by atoms with Crippen LogP contribution in [-0.2, 0) is 20.9 Å². The molecule has 0 aliphatic carbocycles. The second kappa shape index (κ2) is 10.5. The highest BCUT2D eigenvalue weighted by molar-refractivity contribution is 5.87. The molecule has 6 heteroatoms. The summed E-state index contributed by atoms with van der Waals surface area (Å²) in [7, 11) is 0. The Labute approximate surface area is 149 Å². The summed E-state index contributed by atoms with van der Waals surface area (Å²) >= 11 is 0. The summed E-state index contributed by atoms with van der Waals surface area (Å²) in [5.41, 5.74) is 0.339. The van der Waals surface area contributed by atoms with E-state index >= 15 is 0 Å². The second-order valence-electron chi connectivity index (χ2n) is 6.65. The summed E-state index contributed by atoms with van der Waals surface area (Å²) in [5.74, 6) is -0.164. The van der Waals surface area contributed by atoms with Crippen LogP contribution in [-0.4, -0.2) is 36.7 Å². The van der Waals surface area contributed by atoms with Crippen molar-refractivity contribution in [3.05, 3.63) is 47.3 Å². The standard InChI is InChI=1S/C19H26N2O4/c1-19(2,3)25-18(23)21-16(17(22)11-8-12-20-4)14-24-13-15-9-6-5-7-10-15/h5-7,9-10,16H,8,11-14H2,1-3H3,(H,21,23)/t16-/m0/s1. The number of rotatable bonds is 9. The van der Waals surface area contributed by atoms with Gasteiger partial charge in [0.2, 0.25) is 6.54 Å². The lowest BCUT2D eigenvalue weighted by atomic mass is 10.1. The van der Waals surface area contributed by atoms with E-state index < -0.39 is 17.7 Å². The van der Waals surface area contributed by atoms with E-state index in [0.29, 0.717) is 13.0 Å². The summed E-state index contributed by atoms with van der Waals surface area (Å²) in [6.07, 6.45) is 0.0322. The molecular weight excluding hydrogens is 320 g/mol. The van der Waals surface area contributed by atoms with E-state index in [2.05, 4.69) is 10.2 Å². The molecule has 0 aromatic heterocycles. The molecule has 6 nitrogen and oxygen atoms in total. The van der Waals surface area contributed by atoms with Gasteiger partial charge in [0.1, 0.15) is 11.6 Å². The number of Topliss-reactive ketones (excluding diaryl/α,β-unsaturated/α-hetero) is 1. The van der Waals surface area contributed by atoms with Crippen LogP contribution in [0, 0.1) is 6.57 Å². The molecule has 0 unspecified atom stereocenters. The van der Waals surface area contributed by atoms with Crippen LogP contribution in [0.1, 0.15) is 39.2 Å². The summed E-state index contributed by atoms with van der Waals surface area (Å²) in [4.78, 5) is 27.5. The predicted octanol–water partition coefficient (Wildman–Crippen LogP) is 3.37. The average Bonchev–Trinajstić information content (AvgIpc) is 2.53. The lowest BCUT2D eigenvalue weighted by Crippen LogP contribution is -2.46. The molecule has 0 radical (unpaired) electrons. The van der Waals surface area contributed by atoms with Gasteiger partial charge in [-0.15, -0.1) is 0 Å². The Kier molecular flexibility index (Phi) is 8.65. The van der Waals surface area contributed by atoms with E-state index in [4.69, 9.17) is 16.0 Å². The molecular formula is C19H26N2O4. The van der Waals surface area contributed by atoms with Gasteiger partial charge in [0.05, 0.1) is 13.2 Å². The Hall–Kier alpha value is -2.39. The molecule has 0 fully saturated rings. The highest BCUT2D eigenvalue weighted by Gasteiger charge is 2.24. The van der Waals surface area contributed by atoms with Crippen LogP contribution in [0.15, 0.2) is 30.3 Å². The monoisotopic (exact) mass is 346 g/mol. The predicted molar refractivity (Wildman–Crippen MR) is 95.0 cm³/mol. The first kappa shape index (κ1) is 20.7. The zero-order valence-electron chi connectivity index (χ0n) is 15.1. The SMILES string of the molecule is [C-]#[N+]CCCC(=O)[C@H](COCc1ccccc1)NC(=O)OC(C)(C)C. The van der Waals surface area contributed by atoms with Crippen molar-refractivity contribution in [3.63, 3.8) is 0 Å². The number of nitrogens with zero attached hydrogens (tertiary/aromatic N) is 1. The quantitative estimate of drug-likeness (QED) is 0.550. The van der Waals surface area contributed by atoms with Gasteiger partial charge in [-0.1, -0.05) is 30.3 Å². The molecule has 25 heavy (non-hydrogen) atoms. The van der Waals surface area contributed by atoms with Crippen molar-refractivity contribution in [3.8, 4) is 0 Å². The summed E-state index contributed by atoms with van der Waals surface area (Å²) < 4.78 is 10.8. The van der Waals surface area contributed by atoms with Crippen molar-refractivity contribution in [1.29, 1.82) is 0 Å². The average molecular weight is 346 g/mol. The summed E-state index contributed by atoms with van der Waals surface area (Å²) in [5, 5.41) is 2.57. The third-order valence-electron chi connectivity index (χ3n) is 3.17. The largest absolute Gasteiger partial charge is 0.444 e. The molecule has 1 rings (SSSR count). The van der Waals surface area contributed by atoms with Gasteiger partial charge in [-0.2, -0.15) is 0 Å². The molecule has 0 aliphatic rings. The molecule has 1 aromatic carbocycles. The number of ketones is 1. The Morgan fingerprint density at radius 3 is 2.52 bits per heavy atom. The zero-order valence-corrected chi connectivity index (χ0v) is 15.1. The van der Waals surface area contributed by atoms with Crippen LogP contribution in [0.25, 0.3) is 4.85 Å². The minimum atomic E-state index is -0.788. The van der Waals surface area contributed by atoms with E-state index in [0.717, 1.165) is 5.56 Å². The molecule has 0 saturated carbocycles. The Morgan fingerprint density at radius 1 is 1.24 bits per heavy atom. The molecule has 0 heterocycles. The number of amides is 1. The van der Waals surface area contributed by atoms with Gasteiger partial charge >= 0.3 is 6.09 Å². The molecule has 0 saturated heterocycles. The van der Waals surface area contributed by atoms with Crippen LogP contribution in [0.3, 0.4) is 0 Å². The number of hydrogen-bond donors (Lipinski definition) is 1. The lowest BCUT2D eigenvalue weighted by Gasteiger charge is -2.23. The number of hydrogen-bond acceptors (Lipinski definition) is 4. The van der Waals surface area contributed by atoms with Crippen molar-refractivity contribution in [2.24, 2.45) is 0 Å². The van der Waals surface area contributed by atoms with Crippen molar-refractivity contribution in [2.45, 2.75) is 51.9 Å². The highest BCUT2D eigenvalue weighted by atomic mass is 16.6. The van der Waals surface area contributed by atoms with Gasteiger partial charge in [-0.25, -0.2) is 11.4 Å². The van der Waals surface area contributed by atoms with Crippen LogP contribution in [0.5, 0.6) is 0 Å². The minimum Gasteiger partial charge on any atom is -0.444 e. The normalized spacial score (nSPS) is 12.1. The Morgan fingerprint density at radius 2 is 1.92 bits per heavy atom. The second-order valence-corrected chi connectivity index (χ2v) is 6.65. The minimum absolute atomic E-state index is 0.0605. The number of nitrogens with one attached hydrogen (secondary N) is 1. The van der Waals surface area contributed by atoms with E-state index in [-0.39, 0.29) is 25.4 Å². The number of alkyl carbamates (subject to hydrolysis) is 1. The molecule has 1 aromatic rings. The molecule has 0 aliphatic heterocycles. The zero-order chi connectivity index (χ0) is 18.7. The maximum Gasteiger partial charge on any atom is 0.408 e. The van der Waals surface area contributed by atoms with Gasteiger partial charge in [-0.05, 0) is 26.3 Å². The van der Waals surface area contributed by atoms with Crippen molar-refractivity contribution < 1.29 is 19.1 Å². The van der Waals surface area contributed by atoms with Gasteiger partial charge in [0.25, 0.3) is 0 Å². The molecule has 0 spiro atoms. The summed E-state index contributed by atoms with van der Waals surface area (Å²) in [6.45, 7) is 12.7. The topological polar surface area (TPSA) is 69.0 Å². The van der Waals surface area contributed by atoms with E-state index in [1.807, 2.05) is 30.3 Å². The maximum atomic E-state index is 12.3. The molecule has 1 N–H and O–H groups in total. The summed E-state index contributed by atoms with van der Waals surface area (Å²) in [6, 6.07) is 8.79. The third kappa shape index (κ3) is 9.48. The van der Waals surface area contributed by atoms with Crippen LogP contribution in [0.4, 0.5) is 4.79 Å². The van der Waals surface area contributed by atoms with E-state index in [1.54, 1.807) is 20.8 Å². The molecule has 0 bridgehead atoms.